The first-order valence-electron chi connectivity index (χ1n) is 5.03. The lowest BCUT2D eigenvalue weighted by Crippen LogP contribution is -2.52. The number of ketones is 2. The van der Waals surface area contributed by atoms with Gasteiger partial charge in [0, 0.05) is 6.92 Å². The van der Waals surface area contributed by atoms with Crippen LogP contribution in [0.3, 0.4) is 0 Å². The van der Waals surface area contributed by atoms with Gasteiger partial charge in [-0.3, -0.25) is 9.59 Å². The first-order chi connectivity index (χ1) is 8.44. The van der Waals surface area contributed by atoms with E-state index < -0.39 is 48.3 Å². The number of Topliss-reactive ketones (excluding diaryl/α,β-unsaturated/α-hetero) is 2. The molecule has 9 heteroatoms. The third-order valence-electron chi connectivity index (χ3n) is 2.41. The van der Waals surface area contributed by atoms with Gasteiger partial charge in [0.1, 0.15) is 0 Å². The highest BCUT2D eigenvalue weighted by Gasteiger charge is 2.53. The van der Waals surface area contributed by atoms with Crippen molar-refractivity contribution in [2.45, 2.75) is 50.6 Å². The smallest absolute Gasteiger partial charge is 0.272 e. The molecule has 0 aromatic carbocycles. The Morgan fingerprint density at radius 1 is 0.895 bits per heavy atom. The van der Waals surface area contributed by atoms with Crippen molar-refractivity contribution >= 4 is 11.6 Å². The van der Waals surface area contributed by atoms with Crippen LogP contribution in [0.15, 0.2) is 0 Å². The van der Waals surface area contributed by atoms with Crippen molar-refractivity contribution in [2.24, 2.45) is 0 Å². The Balaban J connectivity index is 5.04. The van der Waals surface area contributed by atoms with Crippen molar-refractivity contribution in [3.05, 3.63) is 0 Å². The third-order valence-corrected chi connectivity index (χ3v) is 2.41. The number of halogens is 7. The van der Waals surface area contributed by atoms with Crippen LogP contribution >= 0.6 is 0 Å². The summed E-state index contributed by atoms with van der Waals surface area (Å²) in [5.41, 5.74) is -3.77. The van der Waals surface area contributed by atoms with Gasteiger partial charge in [-0.1, -0.05) is 0 Å². The molecule has 0 saturated carbocycles. The molecule has 112 valence electrons. The van der Waals surface area contributed by atoms with E-state index >= 15 is 0 Å². The maximum absolute atomic E-state index is 13.5. The topological polar surface area (TPSA) is 34.1 Å². The zero-order valence-corrected chi connectivity index (χ0v) is 9.85. The van der Waals surface area contributed by atoms with Gasteiger partial charge in [-0.05, 0) is 6.92 Å². The minimum Gasteiger partial charge on any atom is -0.291 e. The van der Waals surface area contributed by atoms with E-state index in [-0.39, 0.29) is 6.92 Å². The van der Waals surface area contributed by atoms with Crippen molar-refractivity contribution in [3.8, 4) is 0 Å². The summed E-state index contributed by atoms with van der Waals surface area (Å²) >= 11 is 0. The summed E-state index contributed by atoms with van der Waals surface area (Å²) < 4.78 is 88.8. The molecule has 0 aromatic rings. The van der Waals surface area contributed by atoms with Gasteiger partial charge in [-0.25, -0.2) is 30.7 Å². The lowest BCUT2D eigenvalue weighted by atomic mass is 9.89. The molecule has 5 atom stereocenters. The van der Waals surface area contributed by atoms with E-state index in [4.69, 9.17) is 0 Å². The first-order valence-corrected chi connectivity index (χ1v) is 5.03. The molecule has 0 aliphatic carbocycles. The highest BCUT2D eigenvalue weighted by atomic mass is 19.3. The second-order valence-electron chi connectivity index (χ2n) is 4.03. The zero-order valence-electron chi connectivity index (χ0n) is 9.85. The maximum Gasteiger partial charge on any atom is 0.272 e. The summed E-state index contributed by atoms with van der Waals surface area (Å²) in [4.78, 5) is 21.5. The fourth-order valence-corrected chi connectivity index (χ4v) is 1.24. The molecule has 0 rings (SSSR count). The lowest BCUT2D eigenvalue weighted by Gasteiger charge is -2.27. The van der Waals surface area contributed by atoms with E-state index in [0.29, 0.717) is 6.92 Å². The van der Waals surface area contributed by atoms with E-state index in [9.17, 15) is 40.3 Å². The van der Waals surface area contributed by atoms with Crippen LogP contribution in [0.25, 0.3) is 0 Å². The molecule has 0 aromatic heterocycles. The molecule has 0 aliphatic rings. The summed E-state index contributed by atoms with van der Waals surface area (Å²) in [6.45, 7) is 0.709. The SMILES string of the molecule is CC(=O)C(=O)C(C)(F)C(F)C(F)C(F)C(F)C(F)F. The van der Waals surface area contributed by atoms with Crippen LogP contribution in [-0.2, 0) is 9.59 Å². The zero-order chi connectivity index (χ0) is 15.5. The number of hydrogen-bond acceptors (Lipinski definition) is 2. The van der Waals surface area contributed by atoms with Gasteiger partial charge in [0.15, 0.2) is 30.5 Å². The van der Waals surface area contributed by atoms with Gasteiger partial charge >= 0.3 is 0 Å². The molecule has 0 radical (unpaired) electrons. The molecular weight excluding hydrogens is 285 g/mol. The Bertz CT molecular complexity index is 345. The maximum atomic E-state index is 13.5. The van der Waals surface area contributed by atoms with Crippen LogP contribution in [0.4, 0.5) is 30.7 Å². The minimum atomic E-state index is -3.94. The normalized spacial score (nSPS) is 21.4. The minimum absolute atomic E-state index is 0.149. The molecule has 0 spiro atoms. The van der Waals surface area contributed by atoms with Gasteiger partial charge in [0.25, 0.3) is 6.43 Å². The van der Waals surface area contributed by atoms with E-state index in [1.165, 1.54) is 0 Å². The number of carbonyl (C=O) groups is 2. The molecule has 2 nitrogen and oxygen atoms in total. The van der Waals surface area contributed by atoms with E-state index in [1.807, 2.05) is 0 Å². The molecule has 0 aliphatic heterocycles. The average Bonchev–Trinajstić information content (AvgIpc) is 2.33. The van der Waals surface area contributed by atoms with Crippen LogP contribution in [0.2, 0.25) is 0 Å². The van der Waals surface area contributed by atoms with E-state index in [1.54, 1.807) is 0 Å². The standard InChI is InChI=1S/C10H11F7O2/c1-3(18)8(19)10(2,17)7(14)5(12)4(11)6(13)9(15)16/h4-7,9H,1-2H3. The Morgan fingerprint density at radius 3 is 1.63 bits per heavy atom. The quantitative estimate of drug-likeness (QED) is 0.534. The summed E-state index contributed by atoms with van der Waals surface area (Å²) in [5, 5.41) is 0. The highest BCUT2D eigenvalue weighted by molar-refractivity contribution is 6.39. The predicted molar refractivity (Wildman–Crippen MR) is 50.8 cm³/mol. The monoisotopic (exact) mass is 296 g/mol. The Kier molecular flexibility index (Phi) is 5.95. The van der Waals surface area contributed by atoms with Crippen LogP contribution in [0.1, 0.15) is 13.8 Å². The Labute approximate surface area is 104 Å². The lowest BCUT2D eigenvalue weighted by molar-refractivity contribution is -0.148. The fourth-order valence-electron chi connectivity index (χ4n) is 1.24. The second kappa shape index (κ2) is 6.33. The van der Waals surface area contributed by atoms with Crippen molar-refractivity contribution in [2.75, 3.05) is 0 Å². The highest BCUT2D eigenvalue weighted by Crippen LogP contribution is 2.30. The average molecular weight is 296 g/mol. The van der Waals surface area contributed by atoms with Gasteiger partial charge < -0.3 is 0 Å². The van der Waals surface area contributed by atoms with Crippen molar-refractivity contribution in [3.63, 3.8) is 0 Å². The molecule has 0 bridgehead atoms. The Morgan fingerprint density at radius 2 is 1.32 bits per heavy atom. The van der Waals surface area contributed by atoms with Crippen molar-refractivity contribution in [1.29, 1.82) is 0 Å². The summed E-state index contributed by atoms with van der Waals surface area (Å²) in [6.07, 6.45) is -18.5. The molecule has 5 unspecified atom stereocenters. The van der Waals surface area contributed by atoms with Crippen molar-refractivity contribution < 1.29 is 40.3 Å². The van der Waals surface area contributed by atoms with Gasteiger partial charge in [0.2, 0.25) is 11.5 Å². The van der Waals surface area contributed by atoms with Crippen molar-refractivity contribution in [1.82, 2.24) is 0 Å². The van der Waals surface area contributed by atoms with Gasteiger partial charge in [0.05, 0.1) is 0 Å². The van der Waals surface area contributed by atoms with E-state index in [0.717, 1.165) is 0 Å². The molecule has 0 saturated heterocycles. The van der Waals surface area contributed by atoms with E-state index in [2.05, 4.69) is 0 Å². The molecule has 0 fully saturated rings. The van der Waals surface area contributed by atoms with Gasteiger partial charge in [-0.2, -0.15) is 0 Å². The van der Waals surface area contributed by atoms with Crippen LogP contribution in [0.5, 0.6) is 0 Å². The summed E-state index contributed by atoms with van der Waals surface area (Å²) in [7, 11) is 0. The third kappa shape index (κ3) is 3.90. The number of alkyl halides is 7. The first kappa shape index (κ1) is 17.8. The Hall–Kier alpha value is -1.15. The van der Waals surface area contributed by atoms with Crippen LogP contribution in [-0.4, -0.2) is 48.3 Å². The molecule has 0 N–H and O–H groups in total. The van der Waals surface area contributed by atoms with Gasteiger partial charge in [-0.15, -0.1) is 0 Å². The predicted octanol–water partition coefficient (Wildman–Crippen LogP) is 2.49. The number of carbonyl (C=O) groups excluding carboxylic acids is 2. The fraction of sp³-hybridized carbons (Fsp3) is 0.800. The van der Waals surface area contributed by atoms with Crippen LogP contribution in [0, 0.1) is 0 Å². The second-order valence-corrected chi connectivity index (χ2v) is 4.03. The summed E-state index contributed by atoms with van der Waals surface area (Å²) in [6, 6.07) is 0. The molecular formula is C10H11F7O2. The largest absolute Gasteiger partial charge is 0.291 e. The molecule has 0 amide bonds. The number of hydrogen-bond donors (Lipinski definition) is 0. The molecule has 0 heterocycles. The van der Waals surface area contributed by atoms with Crippen LogP contribution < -0.4 is 0 Å². The summed E-state index contributed by atoms with van der Waals surface area (Å²) in [5.74, 6) is -3.47. The molecule has 19 heavy (non-hydrogen) atoms. The number of rotatable bonds is 7.